The van der Waals surface area contributed by atoms with Gasteiger partial charge >= 0.3 is 0 Å². The number of benzene rings is 2. The third kappa shape index (κ3) is 3.03. The number of hydrogen-bond donors (Lipinski definition) is 1. The highest BCUT2D eigenvalue weighted by molar-refractivity contribution is 7.99. The van der Waals surface area contributed by atoms with Gasteiger partial charge in [0.25, 0.3) is 0 Å². The average molecular weight is 354 g/mol. The molecular weight excluding hydrogens is 340 g/mol. The zero-order chi connectivity index (χ0) is 17.2. The Morgan fingerprint density at radius 1 is 1.12 bits per heavy atom. The molecule has 1 aliphatic rings. The van der Waals surface area contributed by atoms with Crippen molar-refractivity contribution in [2.45, 2.75) is 5.16 Å². The zero-order valence-corrected chi connectivity index (χ0v) is 13.9. The number of fused-ring (bicyclic) bond motifs is 1. The molecule has 1 aliphatic heterocycles. The van der Waals surface area contributed by atoms with Crippen molar-refractivity contribution >= 4 is 17.7 Å². The molecule has 2 N–H and O–H groups in total. The summed E-state index contributed by atoms with van der Waals surface area (Å²) in [4.78, 5) is 11.1. The summed E-state index contributed by atoms with van der Waals surface area (Å²) in [5.74, 6) is 1.75. The van der Waals surface area contributed by atoms with Crippen LogP contribution in [-0.4, -0.2) is 33.2 Å². The van der Waals surface area contributed by atoms with Crippen molar-refractivity contribution in [3.8, 4) is 28.6 Å². The standard InChI is InChI=1S/C17H14N4O3S/c18-15(22)9-25-17-20-19-16(21(17)12-4-2-1-3-5-12)11-6-7-13-14(8-11)24-10-23-13/h1-8H,9-10H2,(H2,18,22). The van der Waals surface area contributed by atoms with Crippen molar-refractivity contribution < 1.29 is 14.3 Å². The number of aromatic nitrogens is 3. The average Bonchev–Trinajstić information content (AvgIpc) is 3.26. The summed E-state index contributed by atoms with van der Waals surface area (Å²) < 4.78 is 12.7. The number of carbonyl (C=O) groups excluding carboxylic acids is 1. The van der Waals surface area contributed by atoms with Gasteiger partial charge in [0, 0.05) is 11.3 Å². The fourth-order valence-electron chi connectivity index (χ4n) is 2.53. The third-order valence-electron chi connectivity index (χ3n) is 3.62. The highest BCUT2D eigenvalue weighted by Crippen LogP contribution is 2.36. The first-order valence-electron chi connectivity index (χ1n) is 7.54. The molecule has 0 bridgehead atoms. The van der Waals surface area contributed by atoms with Crippen LogP contribution in [0.3, 0.4) is 0 Å². The van der Waals surface area contributed by atoms with Crippen molar-refractivity contribution in [3.05, 3.63) is 48.5 Å². The molecule has 0 fully saturated rings. The van der Waals surface area contributed by atoms with Crippen LogP contribution in [0.1, 0.15) is 0 Å². The van der Waals surface area contributed by atoms with Gasteiger partial charge in [-0.15, -0.1) is 10.2 Å². The summed E-state index contributed by atoms with van der Waals surface area (Å²) in [6, 6.07) is 15.3. The van der Waals surface area contributed by atoms with E-state index in [1.54, 1.807) is 0 Å². The molecule has 126 valence electrons. The Balaban J connectivity index is 1.81. The first-order chi connectivity index (χ1) is 12.2. The zero-order valence-electron chi connectivity index (χ0n) is 13.1. The van der Waals surface area contributed by atoms with E-state index in [9.17, 15) is 4.79 Å². The lowest BCUT2D eigenvalue weighted by Gasteiger charge is -2.10. The van der Waals surface area contributed by atoms with Gasteiger partial charge in [0.2, 0.25) is 12.7 Å². The number of nitrogens with zero attached hydrogens (tertiary/aromatic N) is 3. The fraction of sp³-hybridized carbons (Fsp3) is 0.118. The Morgan fingerprint density at radius 2 is 1.92 bits per heavy atom. The molecular formula is C17H14N4O3S. The molecule has 0 aliphatic carbocycles. The molecule has 2 aromatic carbocycles. The van der Waals surface area contributed by atoms with Gasteiger partial charge in [-0.25, -0.2) is 0 Å². The summed E-state index contributed by atoms with van der Waals surface area (Å²) in [5, 5.41) is 9.14. The molecule has 0 radical (unpaired) electrons. The first-order valence-corrected chi connectivity index (χ1v) is 8.53. The molecule has 0 atom stereocenters. The van der Waals surface area contributed by atoms with E-state index in [0.717, 1.165) is 11.3 Å². The van der Waals surface area contributed by atoms with E-state index in [-0.39, 0.29) is 12.5 Å². The van der Waals surface area contributed by atoms with Gasteiger partial charge in [-0.1, -0.05) is 30.0 Å². The summed E-state index contributed by atoms with van der Waals surface area (Å²) in [6.45, 7) is 0.212. The second kappa shape index (κ2) is 6.48. The van der Waals surface area contributed by atoms with Gasteiger partial charge in [0.15, 0.2) is 22.5 Å². The molecule has 0 spiro atoms. The third-order valence-corrected chi connectivity index (χ3v) is 4.57. The highest BCUT2D eigenvalue weighted by Gasteiger charge is 2.20. The van der Waals surface area contributed by atoms with Crippen molar-refractivity contribution in [1.29, 1.82) is 0 Å². The van der Waals surface area contributed by atoms with Crippen molar-refractivity contribution in [2.75, 3.05) is 12.5 Å². The molecule has 3 aromatic rings. The lowest BCUT2D eigenvalue weighted by molar-refractivity contribution is -0.115. The molecule has 4 rings (SSSR count). The number of amides is 1. The van der Waals surface area contributed by atoms with Crippen LogP contribution in [0.5, 0.6) is 11.5 Å². The topological polar surface area (TPSA) is 92.3 Å². The van der Waals surface area contributed by atoms with Crippen LogP contribution in [0, 0.1) is 0 Å². The van der Waals surface area contributed by atoms with Crippen molar-refractivity contribution in [2.24, 2.45) is 5.73 Å². The number of thioether (sulfide) groups is 1. The number of primary amides is 1. The Bertz CT molecular complexity index is 927. The van der Waals surface area contributed by atoms with Crippen LogP contribution < -0.4 is 15.2 Å². The lowest BCUT2D eigenvalue weighted by atomic mass is 10.2. The maximum atomic E-state index is 11.1. The van der Waals surface area contributed by atoms with Crippen molar-refractivity contribution in [3.63, 3.8) is 0 Å². The fourth-order valence-corrected chi connectivity index (χ4v) is 3.22. The summed E-state index contributed by atoms with van der Waals surface area (Å²) in [6.07, 6.45) is 0. The summed E-state index contributed by atoms with van der Waals surface area (Å²) >= 11 is 1.25. The molecule has 0 unspecified atom stereocenters. The van der Waals surface area contributed by atoms with Crippen LogP contribution in [0.4, 0.5) is 0 Å². The Morgan fingerprint density at radius 3 is 2.72 bits per heavy atom. The smallest absolute Gasteiger partial charge is 0.231 e. The van der Waals surface area contributed by atoms with Crippen LogP contribution in [-0.2, 0) is 4.79 Å². The van der Waals surface area contributed by atoms with E-state index in [2.05, 4.69) is 10.2 Å². The van der Waals surface area contributed by atoms with Gasteiger partial charge in [-0.05, 0) is 30.3 Å². The first kappa shape index (κ1) is 15.5. The number of rotatable bonds is 5. The predicted octanol–water partition coefficient (Wildman–Crippen LogP) is 2.24. The van der Waals surface area contributed by atoms with Crippen LogP contribution >= 0.6 is 11.8 Å². The van der Waals surface area contributed by atoms with E-state index in [0.29, 0.717) is 22.5 Å². The molecule has 2 heterocycles. The van der Waals surface area contributed by atoms with Gasteiger partial charge in [0.05, 0.1) is 5.75 Å². The van der Waals surface area contributed by atoms with Crippen LogP contribution in [0.25, 0.3) is 17.1 Å². The second-order valence-electron chi connectivity index (χ2n) is 5.30. The van der Waals surface area contributed by atoms with E-state index in [4.69, 9.17) is 15.2 Å². The molecule has 7 nitrogen and oxygen atoms in total. The van der Waals surface area contributed by atoms with E-state index < -0.39 is 5.91 Å². The number of nitrogens with two attached hydrogens (primary N) is 1. The second-order valence-corrected chi connectivity index (χ2v) is 6.24. The van der Waals surface area contributed by atoms with Gasteiger partial charge in [-0.3, -0.25) is 9.36 Å². The Hall–Kier alpha value is -3.00. The minimum atomic E-state index is -0.405. The van der Waals surface area contributed by atoms with Crippen LogP contribution in [0.15, 0.2) is 53.7 Å². The number of ether oxygens (including phenoxy) is 2. The molecule has 0 saturated carbocycles. The number of carbonyl (C=O) groups is 1. The quantitative estimate of drug-likeness (QED) is 0.707. The van der Waals surface area contributed by atoms with Crippen molar-refractivity contribution in [1.82, 2.24) is 14.8 Å². The lowest BCUT2D eigenvalue weighted by Crippen LogP contribution is -2.13. The van der Waals surface area contributed by atoms with Crippen LogP contribution in [0.2, 0.25) is 0 Å². The normalized spacial score (nSPS) is 12.3. The molecule has 1 amide bonds. The Labute approximate surface area is 147 Å². The Kier molecular flexibility index (Phi) is 4.02. The maximum absolute atomic E-state index is 11.1. The number of para-hydroxylation sites is 1. The molecule has 25 heavy (non-hydrogen) atoms. The summed E-state index contributed by atoms with van der Waals surface area (Å²) in [5.41, 5.74) is 7.00. The van der Waals surface area contributed by atoms with Gasteiger partial charge in [-0.2, -0.15) is 0 Å². The predicted molar refractivity (Wildman–Crippen MR) is 92.8 cm³/mol. The molecule has 1 aromatic heterocycles. The van der Waals surface area contributed by atoms with E-state index in [1.807, 2.05) is 53.1 Å². The maximum Gasteiger partial charge on any atom is 0.231 e. The van der Waals surface area contributed by atoms with E-state index in [1.165, 1.54) is 11.8 Å². The minimum Gasteiger partial charge on any atom is -0.454 e. The minimum absolute atomic E-state index is 0.131. The number of hydrogen-bond acceptors (Lipinski definition) is 6. The SMILES string of the molecule is NC(=O)CSc1nnc(-c2ccc3c(c2)OCO3)n1-c1ccccc1. The monoisotopic (exact) mass is 354 g/mol. The van der Waals surface area contributed by atoms with Gasteiger partial charge in [0.1, 0.15) is 0 Å². The summed E-state index contributed by atoms with van der Waals surface area (Å²) in [7, 11) is 0. The van der Waals surface area contributed by atoms with E-state index >= 15 is 0 Å². The highest BCUT2D eigenvalue weighted by atomic mass is 32.2. The molecule has 0 saturated heterocycles. The molecule has 8 heteroatoms. The largest absolute Gasteiger partial charge is 0.454 e. The van der Waals surface area contributed by atoms with Gasteiger partial charge < -0.3 is 15.2 Å².